The van der Waals surface area contributed by atoms with E-state index in [-0.39, 0.29) is 25.3 Å². The third kappa shape index (κ3) is 4.16. The number of likely N-dealkylation sites (tertiary alicyclic amines) is 1. The van der Waals surface area contributed by atoms with Gasteiger partial charge in [0.15, 0.2) is 0 Å². The standard InChI is InChI=1S/C25H26N2O5/c1-15(28)27-14-18(29)12-23(27)24(30)26-22(25(31)32-2)13-21-19-9-5-3-7-16(19)11-17-8-4-6-10-20(17)21/h3-11,18,22-23,29H,12-14H2,1-2H3,(H,26,30)/t18-,22+,23+/m1/s1. The van der Waals surface area contributed by atoms with Crippen molar-refractivity contribution in [1.82, 2.24) is 10.2 Å². The molecule has 0 spiro atoms. The lowest BCUT2D eigenvalue weighted by molar-refractivity contribution is -0.146. The van der Waals surface area contributed by atoms with Crippen molar-refractivity contribution >= 4 is 39.3 Å². The fourth-order valence-electron chi connectivity index (χ4n) is 4.55. The second kappa shape index (κ2) is 8.96. The molecule has 166 valence electrons. The summed E-state index contributed by atoms with van der Waals surface area (Å²) in [5, 5.41) is 16.8. The summed E-state index contributed by atoms with van der Waals surface area (Å²) in [4.78, 5) is 38.9. The number of β-amino-alcohol motifs (C(OH)–C–C–N with tert-alkyl or cyclic N) is 1. The minimum Gasteiger partial charge on any atom is -0.467 e. The SMILES string of the molecule is COC(=O)[C@H](Cc1c2ccccc2cc2ccccc12)NC(=O)[C@@H]1C[C@@H](O)CN1C(C)=O. The van der Waals surface area contributed by atoms with Crippen molar-refractivity contribution in [2.24, 2.45) is 0 Å². The molecule has 3 aromatic carbocycles. The van der Waals surface area contributed by atoms with E-state index in [1.54, 1.807) is 0 Å². The maximum Gasteiger partial charge on any atom is 0.328 e. The van der Waals surface area contributed by atoms with Crippen LogP contribution in [0.25, 0.3) is 21.5 Å². The lowest BCUT2D eigenvalue weighted by atomic mass is 9.92. The van der Waals surface area contributed by atoms with Gasteiger partial charge in [0, 0.05) is 26.3 Å². The first-order chi connectivity index (χ1) is 15.4. The number of fused-ring (bicyclic) bond motifs is 2. The first-order valence-electron chi connectivity index (χ1n) is 10.6. The van der Waals surface area contributed by atoms with E-state index in [0.29, 0.717) is 0 Å². The number of amides is 2. The molecule has 1 fully saturated rings. The smallest absolute Gasteiger partial charge is 0.328 e. The Hall–Kier alpha value is -3.45. The van der Waals surface area contributed by atoms with Gasteiger partial charge < -0.3 is 20.1 Å². The highest BCUT2D eigenvalue weighted by atomic mass is 16.5. The zero-order valence-electron chi connectivity index (χ0n) is 18.1. The Morgan fingerprint density at radius 1 is 1.09 bits per heavy atom. The molecule has 0 aliphatic carbocycles. The molecular weight excluding hydrogens is 408 g/mol. The van der Waals surface area contributed by atoms with Crippen LogP contribution in [0, 0.1) is 0 Å². The summed E-state index contributed by atoms with van der Waals surface area (Å²) in [7, 11) is 1.28. The van der Waals surface area contributed by atoms with Crippen LogP contribution in [0.15, 0.2) is 54.6 Å². The van der Waals surface area contributed by atoms with Crippen LogP contribution in [0.1, 0.15) is 18.9 Å². The molecule has 3 atom stereocenters. The lowest BCUT2D eigenvalue weighted by Crippen LogP contribution is -2.51. The van der Waals surface area contributed by atoms with Crippen LogP contribution in [-0.2, 0) is 25.5 Å². The molecule has 0 aromatic heterocycles. The van der Waals surface area contributed by atoms with E-state index >= 15 is 0 Å². The Balaban J connectivity index is 1.69. The Labute approximate surface area is 186 Å². The van der Waals surface area contributed by atoms with E-state index in [0.717, 1.165) is 27.1 Å². The molecule has 2 N–H and O–H groups in total. The van der Waals surface area contributed by atoms with Crippen molar-refractivity contribution in [2.45, 2.75) is 38.0 Å². The van der Waals surface area contributed by atoms with Gasteiger partial charge in [-0.2, -0.15) is 0 Å². The summed E-state index contributed by atoms with van der Waals surface area (Å²) < 4.78 is 4.98. The van der Waals surface area contributed by atoms with Crippen LogP contribution in [0.4, 0.5) is 0 Å². The molecule has 1 heterocycles. The van der Waals surface area contributed by atoms with E-state index < -0.39 is 30.1 Å². The number of hydrogen-bond donors (Lipinski definition) is 2. The Kier molecular flexibility index (Phi) is 6.10. The Bertz CT molecular complexity index is 1140. The van der Waals surface area contributed by atoms with Gasteiger partial charge in [-0.25, -0.2) is 4.79 Å². The predicted octanol–water partition coefficient (Wildman–Crippen LogP) is 2.17. The number of carbonyl (C=O) groups excluding carboxylic acids is 3. The minimum absolute atomic E-state index is 0.101. The average molecular weight is 434 g/mol. The highest BCUT2D eigenvalue weighted by molar-refractivity contribution is 6.03. The maximum absolute atomic E-state index is 13.0. The second-order valence-corrected chi connectivity index (χ2v) is 8.16. The fraction of sp³-hybridized carbons (Fsp3) is 0.320. The van der Waals surface area contributed by atoms with E-state index in [1.165, 1.54) is 18.9 Å². The summed E-state index contributed by atoms with van der Waals surface area (Å²) in [6.45, 7) is 1.46. The summed E-state index contributed by atoms with van der Waals surface area (Å²) in [6, 6.07) is 16.2. The van der Waals surface area contributed by atoms with Gasteiger partial charge in [-0.15, -0.1) is 0 Å². The molecule has 32 heavy (non-hydrogen) atoms. The van der Waals surface area contributed by atoms with Gasteiger partial charge in [-0.1, -0.05) is 48.5 Å². The second-order valence-electron chi connectivity index (χ2n) is 8.16. The fourth-order valence-corrected chi connectivity index (χ4v) is 4.55. The van der Waals surface area contributed by atoms with E-state index in [9.17, 15) is 19.5 Å². The number of ether oxygens (including phenoxy) is 1. The number of aliphatic hydroxyl groups excluding tert-OH is 1. The van der Waals surface area contributed by atoms with Crippen molar-refractivity contribution in [3.8, 4) is 0 Å². The molecule has 0 bridgehead atoms. The van der Waals surface area contributed by atoms with Gasteiger partial charge in [-0.05, 0) is 33.2 Å². The molecule has 1 aliphatic rings. The van der Waals surface area contributed by atoms with Gasteiger partial charge in [0.2, 0.25) is 11.8 Å². The monoisotopic (exact) mass is 434 g/mol. The number of hydrogen-bond acceptors (Lipinski definition) is 5. The van der Waals surface area contributed by atoms with Crippen molar-refractivity contribution in [2.75, 3.05) is 13.7 Å². The number of benzene rings is 3. The number of methoxy groups -OCH3 is 1. The molecule has 7 heteroatoms. The topological polar surface area (TPSA) is 95.9 Å². The van der Waals surface area contributed by atoms with Crippen molar-refractivity contribution in [3.63, 3.8) is 0 Å². The molecule has 3 aromatic rings. The van der Waals surface area contributed by atoms with Crippen LogP contribution in [0.3, 0.4) is 0 Å². The quantitative estimate of drug-likeness (QED) is 0.474. The molecule has 0 radical (unpaired) electrons. The normalized spacial score (nSPS) is 19.2. The number of esters is 1. The summed E-state index contributed by atoms with van der Waals surface area (Å²) in [5.74, 6) is -1.34. The summed E-state index contributed by atoms with van der Waals surface area (Å²) >= 11 is 0. The van der Waals surface area contributed by atoms with E-state index in [2.05, 4.69) is 11.4 Å². The molecule has 0 saturated carbocycles. The van der Waals surface area contributed by atoms with Gasteiger partial charge >= 0.3 is 5.97 Å². The molecule has 7 nitrogen and oxygen atoms in total. The van der Waals surface area contributed by atoms with Gasteiger partial charge in [0.1, 0.15) is 12.1 Å². The van der Waals surface area contributed by atoms with E-state index in [4.69, 9.17) is 4.74 Å². The predicted molar refractivity (Wildman–Crippen MR) is 121 cm³/mol. The zero-order chi connectivity index (χ0) is 22.8. The third-order valence-corrected chi connectivity index (χ3v) is 6.08. The van der Waals surface area contributed by atoms with E-state index in [1.807, 2.05) is 48.5 Å². The number of carbonyl (C=O) groups is 3. The molecule has 1 saturated heterocycles. The number of rotatable bonds is 5. The van der Waals surface area contributed by atoms with Crippen LogP contribution >= 0.6 is 0 Å². The maximum atomic E-state index is 13.0. The van der Waals surface area contributed by atoms with Crippen LogP contribution < -0.4 is 5.32 Å². The molecule has 1 aliphatic heterocycles. The minimum atomic E-state index is -0.937. The summed E-state index contributed by atoms with van der Waals surface area (Å²) in [6.07, 6.45) is -0.403. The van der Waals surface area contributed by atoms with Crippen molar-refractivity contribution in [3.05, 3.63) is 60.2 Å². The molecule has 2 amide bonds. The van der Waals surface area contributed by atoms with Crippen LogP contribution in [0.2, 0.25) is 0 Å². The van der Waals surface area contributed by atoms with Gasteiger partial charge in [0.05, 0.1) is 13.2 Å². The average Bonchev–Trinajstić information content (AvgIpc) is 3.20. The van der Waals surface area contributed by atoms with Gasteiger partial charge in [0.25, 0.3) is 0 Å². The first-order valence-corrected chi connectivity index (χ1v) is 10.6. The zero-order valence-corrected chi connectivity index (χ0v) is 18.1. The Morgan fingerprint density at radius 2 is 1.69 bits per heavy atom. The number of nitrogens with one attached hydrogen (secondary N) is 1. The Morgan fingerprint density at radius 3 is 2.25 bits per heavy atom. The molecule has 4 rings (SSSR count). The van der Waals surface area contributed by atoms with Gasteiger partial charge in [-0.3, -0.25) is 9.59 Å². The highest BCUT2D eigenvalue weighted by Gasteiger charge is 2.39. The summed E-state index contributed by atoms with van der Waals surface area (Å²) in [5.41, 5.74) is 0.935. The van der Waals surface area contributed by atoms with Crippen molar-refractivity contribution < 1.29 is 24.2 Å². The third-order valence-electron chi connectivity index (χ3n) is 6.08. The largest absolute Gasteiger partial charge is 0.467 e. The number of aliphatic hydroxyl groups is 1. The number of nitrogens with zero attached hydrogens (tertiary/aromatic N) is 1. The van der Waals surface area contributed by atoms with Crippen LogP contribution in [-0.4, -0.2) is 59.6 Å². The highest BCUT2D eigenvalue weighted by Crippen LogP contribution is 2.30. The van der Waals surface area contributed by atoms with Crippen molar-refractivity contribution in [1.29, 1.82) is 0 Å². The molecule has 0 unspecified atom stereocenters. The first kappa shape index (κ1) is 21.8. The lowest BCUT2D eigenvalue weighted by Gasteiger charge is -2.25. The molecular formula is C25H26N2O5. The van der Waals surface area contributed by atoms with Crippen LogP contribution in [0.5, 0.6) is 0 Å².